The second-order valence-electron chi connectivity index (χ2n) is 8.11. The van der Waals surface area contributed by atoms with Crippen molar-refractivity contribution in [3.8, 4) is 5.75 Å². The number of hydrogen-bond donors (Lipinski definition) is 2. The van der Waals surface area contributed by atoms with Gasteiger partial charge in [0.2, 0.25) is 0 Å². The lowest BCUT2D eigenvalue weighted by atomic mass is 10.1. The molecule has 0 fully saturated rings. The standard InChI is InChI=1S/C28H31F3N2O6/c29-28(30,31)21-6-5-7-22(20-21)33-25-10-3-1-8-23(25)27(34)39-19-17-37-15-13-35-12-14-36-16-18-38-26-11-4-2-9-24(26)32/h1-11,20,33H,12-19,32H2. The topological polar surface area (TPSA) is 101 Å². The largest absolute Gasteiger partial charge is 0.489 e. The zero-order valence-electron chi connectivity index (χ0n) is 21.2. The molecule has 0 spiro atoms. The number of halogens is 3. The molecule has 0 saturated carbocycles. The minimum atomic E-state index is -4.47. The number of hydrogen-bond acceptors (Lipinski definition) is 8. The predicted octanol–water partition coefficient (Wildman–Crippen LogP) is 5.32. The van der Waals surface area contributed by atoms with Crippen molar-refractivity contribution in [2.75, 3.05) is 63.9 Å². The number of carbonyl (C=O) groups is 1. The van der Waals surface area contributed by atoms with Crippen LogP contribution in [-0.2, 0) is 25.1 Å². The van der Waals surface area contributed by atoms with Crippen LogP contribution in [0.1, 0.15) is 15.9 Å². The number of ether oxygens (including phenoxy) is 5. The number of anilines is 3. The first-order valence-corrected chi connectivity index (χ1v) is 12.3. The number of nitrogen functional groups attached to an aromatic ring is 1. The van der Waals surface area contributed by atoms with Crippen LogP contribution in [0.2, 0.25) is 0 Å². The zero-order chi connectivity index (χ0) is 27.9. The monoisotopic (exact) mass is 548 g/mol. The molecule has 0 amide bonds. The molecular formula is C28H31F3N2O6. The van der Waals surface area contributed by atoms with Crippen LogP contribution in [0.15, 0.2) is 72.8 Å². The summed E-state index contributed by atoms with van der Waals surface area (Å²) in [5.74, 6) is -0.00259. The number of carbonyl (C=O) groups excluding carboxylic acids is 1. The summed E-state index contributed by atoms with van der Waals surface area (Å²) >= 11 is 0. The zero-order valence-corrected chi connectivity index (χ0v) is 21.2. The third-order valence-electron chi connectivity index (χ3n) is 5.22. The van der Waals surface area contributed by atoms with Gasteiger partial charge in [0, 0.05) is 5.69 Å². The summed E-state index contributed by atoms with van der Waals surface area (Å²) in [5.41, 5.74) is 6.30. The van der Waals surface area contributed by atoms with Crippen molar-refractivity contribution in [2.24, 2.45) is 0 Å². The van der Waals surface area contributed by atoms with Crippen LogP contribution in [0, 0.1) is 0 Å². The summed E-state index contributed by atoms with van der Waals surface area (Å²) in [6.45, 7) is 2.39. The summed E-state index contributed by atoms with van der Waals surface area (Å²) in [6.07, 6.45) is -4.47. The highest BCUT2D eigenvalue weighted by atomic mass is 19.4. The third kappa shape index (κ3) is 10.5. The molecule has 0 aliphatic carbocycles. The smallest absolute Gasteiger partial charge is 0.416 e. The van der Waals surface area contributed by atoms with Crippen molar-refractivity contribution < 1.29 is 41.7 Å². The van der Waals surface area contributed by atoms with E-state index in [4.69, 9.17) is 29.4 Å². The van der Waals surface area contributed by atoms with Crippen molar-refractivity contribution in [3.05, 3.63) is 83.9 Å². The van der Waals surface area contributed by atoms with Crippen molar-refractivity contribution in [2.45, 2.75) is 6.18 Å². The fourth-order valence-electron chi connectivity index (χ4n) is 3.33. The highest BCUT2D eigenvalue weighted by Gasteiger charge is 2.30. The van der Waals surface area contributed by atoms with E-state index >= 15 is 0 Å². The summed E-state index contributed by atoms with van der Waals surface area (Å²) in [7, 11) is 0. The Labute approximate surface area is 224 Å². The van der Waals surface area contributed by atoms with Crippen molar-refractivity contribution in [1.29, 1.82) is 0 Å². The molecule has 39 heavy (non-hydrogen) atoms. The maximum atomic E-state index is 13.0. The summed E-state index contributed by atoms with van der Waals surface area (Å²) in [4.78, 5) is 12.5. The number of nitrogens with two attached hydrogens (primary N) is 1. The molecule has 0 aliphatic heterocycles. The minimum Gasteiger partial charge on any atom is -0.489 e. The van der Waals surface area contributed by atoms with E-state index in [0.717, 1.165) is 12.1 Å². The molecule has 3 aromatic carbocycles. The Morgan fingerprint density at radius 1 is 0.744 bits per heavy atom. The summed E-state index contributed by atoms with van der Waals surface area (Å²) in [6, 6.07) is 18.4. The highest BCUT2D eigenvalue weighted by molar-refractivity contribution is 5.96. The molecule has 210 valence electrons. The van der Waals surface area contributed by atoms with Gasteiger partial charge < -0.3 is 34.7 Å². The van der Waals surface area contributed by atoms with Crippen molar-refractivity contribution >= 4 is 23.0 Å². The second-order valence-corrected chi connectivity index (χ2v) is 8.11. The van der Waals surface area contributed by atoms with E-state index < -0.39 is 17.7 Å². The number of rotatable bonds is 16. The third-order valence-corrected chi connectivity index (χ3v) is 5.22. The molecular weight excluding hydrogens is 517 g/mol. The van der Waals surface area contributed by atoms with E-state index in [1.165, 1.54) is 18.2 Å². The van der Waals surface area contributed by atoms with E-state index in [2.05, 4.69) is 5.32 Å². The van der Waals surface area contributed by atoms with Crippen LogP contribution in [-0.4, -0.2) is 58.8 Å². The lowest BCUT2D eigenvalue weighted by Crippen LogP contribution is -2.15. The van der Waals surface area contributed by atoms with E-state index in [1.807, 2.05) is 12.1 Å². The van der Waals surface area contributed by atoms with Gasteiger partial charge in [-0.2, -0.15) is 13.2 Å². The molecule has 3 N–H and O–H groups in total. The molecule has 3 rings (SSSR count). The maximum absolute atomic E-state index is 13.0. The van der Waals surface area contributed by atoms with Crippen LogP contribution in [0.4, 0.5) is 30.2 Å². The maximum Gasteiger partial charge on any atom is 0.416 e. The van der Waals surface area contributed by atoms with Crippen molar-refractivity contribution in [3.63, 3.8) is 0 Å². The van der Waals surface area contributed by atoms with Gasteiger partial charge in [-0.15, -0.1) is 0 Å². The van der Waals surface area contributed by atoms with Gasteiger partial charge in [-0.1, -0.05) is 30.3 Å². The fourth-order valence-corrected chi connectivity index (χ4v) is 3.33. The Bertz CT molecular complexity index is 1180. The lowest BCUT2D eigenvalue weighted by molar-refractivity contribution is -0.137. The van der Waals surface area contributed by atoms with Gasteiger partial charge >= 0.3 is 12.1 Å². The summed E-state index contributed by atoms with van der Waals surface area (Å²) < 4.78 is 66.0. The Hall–Kier alpha value is -3.80. The van der Waals surface area contributed by atoms with Gasteiger partial charge in [-0.05, 0) is 42.5 Å². The lowest BCUT2D eigenvalue weighted by Gasteiger charge is -2.13. The van der Waals surface area contributed by atoms with Gasteiger partial charge in [0.1, 0.15) is 19.0 Å². The Balaban J connectivity index is 1.25. The van der Waals surface area contributed by atoms with Gasteiger partial charge in [-0.25, -0.2) is 4.79 Å². The van der Waals surface area contributed by atoms with Gasteiger partial charge in [0.05, 0.1) is 62.1 Å². The average Bonchev–Trinajstić information content (AvgIpc) is 2.92. The molecule has 11 heteroatoms. The van der Waals surface area contributed by atoms with E-state index in [9.17, 15) is 18.0 Å². The number of benzene rings is 3. The Kier molecular flexibility index (Phi) is 11.9. The molecule has 3 aromatic rings. The second kappa shape index (κ2) is 15.6. The van der Waals surface area contributed by atoms with Crippen LogP contribution >= 0.6 is 0 Å². The van der Waals surface area contributed by atoms with Crippen molar-refractivity contribution in [1.82, 2.24) is 0 Å². The predicted molar refractivity (Wildman–Crippen MR) is 140 cm³/mol. The first-order valence-electron chi connectivity index (χ1n) is 12.3. The molecule has 0 heterocycles. The fraction of sp³-hybridized carbons (Fsp3) is 0.321. The van der Waals surface area contributed by atoms with Gasteiger partial charge in [0.15, 0.2) is 0 Å². The van der Waals surface area contributed by atoms with Crippen LogP contribution in [0.25, 0.3) is 0 Å². The molecule has 0 aliphatic rings. The molecule has 0 unspecified atom stereocenters. The molecule has 0 aromatic heterocycles. The van der Waals surface area contributed by atoms with Crippen LogP contribution in [0.5, 0.6) is 5.75 Å². The van der Waals surface area contributed by atoms with Gasteiger partial charge in [-0.3, -0.25) is 0 Å². The van der Waals surface area contributed by atoms with E-state index in [0.29, 0.717) is 56.8 Å². The summed E-state index contributed by atoms with van der Waals surface area (Å²) in [5, 5.41) is 2.85. The number of nitrogens with one attached hydrogen (secondary N) is 1. The molecule has 0 bridgehead atoms. The van der Waals surface area contributed by atoms with E-state index in [1.54, 1.807) is 30.3 Å². The Morgan fingerprint density at radius 3 is 2.05 bits per heavy atom. The first-order chi connectivity index (χ1) is 18.8. The minimum absolute atomic E-state index is 0.00572. The molecule has 0 atom stereocenters. The Morgan fingerprint density at radius 2 is 1.36 bits per heavy atom. The van der Waals surface area contributed by atoms with Crippen LogP contribution in [0.3, 0.4) is 0 Å². The SMILES string of the molecule is Nc1ccccc1OCCOCCOCCOCCOC(=O)c1ccccc1Nc1cccc(C(F)(F)F)c1. The highest BCUT2D eigenvalue weighted by Crippen LogP contribution is 2.32. The average molecular weight is 549 g/mol. The van der Waals surface area contributed by atoms with E-state index in [-0.39, 0.29) is 24.5 Å². The normalized spacial score (nSPS) is 11.3. The first kappa shape index (κ1) is 29.8. The number of para-hydroxylation sites is 3. The molecule has 0 radical (unpaired) electrons. The molecule has 8 nitrogen and oxygen atoms in total. The van der Waals surface area contributed by atoms with Gasteiger partial charge in [0.25, 0.3) is 0 Å². The number of esters is 1. The quantitative estimate of drug-likeness (QED) is 0.141. The molecule has 0 saturated heterocycles. The van der Waals surface area contributed by atoms with Crippen LogP contribution < -0.4 is 15.8 Å². The number of alkyl halides is 3.